The minimum Gasteiger partial charge on any atom is -0.301 e. The van der Waals surface area contributed by atoms with Crippen LogP contribution in [-0.4, -0.2) is 53.5 Å². The summed E-state index contributed by atoms with van der Waals surface area (Å²) in [6.45, 7) is 8.94. The van der Waals surface area contributed by atoms with Crippen LogP contribution < -0.4 is 9.44 Å². The first kappa shape index (κ1) is 21.7. The normalized spacial score (nSPS) is 25.5. The predicted octanol–water partition coefficient (Wildman–Crippen LogP) is 1.77. The lowest BCUT2D eigenvalue weighted by Crippen LogP contribution is -2.46. The maximum absolute atomic E-state index is 12.7. The van der Waals surface area contributed by atoms with E-state index < -0.39 is 20.0 Å². The molecular formula is C19H31N3O4S2. The molecule has 3 rings (SSSR count). The van der Waals surface area contributed by atoms with E-state index in [9.17, 15) is 16.8 Å². The van der Waals surface area contributed by atoms with Crippen molar-refractivity contribution in [1.29, 1.82) is 0 Å². The van der Waals surface area contributed by atoms with E-state index in [0.29, 0.717) is 18.4 Å². The summed E-state index contributed by atoms with van der Waals surface area (Å²) in [7, 11) is -7.29. The van der Waals surface area contributed by atoms with Crippen LogP contribution in [0.2, 0.25) is 0 Å². The second-order valence-corrected chi connectivity index (χ2v) is 12.0. The van der Waals surface area contributed by atoms with Gasteiger partial charge in [-0.15, -0.1) is 0 Å². The van der Waals surface area contributed by atoms with Crippen LogP contribution in [0.4, 0.5) is 0 Å². The van der Waals surface area contributed by atoms with Crippen LogP contribution in [0, 0.1) is 11.8 Å². The van der Waals surface area contributed by atoms with E-state index in [1.807, 2.05) is 6.92 Å². The Labute approximate surface area is 169 Å². The van der Waals surface area contributed by atoms with Crippen molar-refractivity contribution in [2.45, 2.75) is 61.9 Å². The number of rotatable bonds is 8. The molecule has 2 fully saturated rings. The third-order valence-corrected chi connectivity index (χ3v) is 8.32. The Kier molecular flexibility index (Phi) is 6.51. The molecule has 1 saturated carbocycles. The third-order valence-electron chi connectivity index (χ3n) is 5.18. The molecular weight excluding hydrogens is 398 g/mol. The van der Waals surface area contributed by atoms with Crippen LogP contribution >= 0.6 is 0 Å². The van der Waals surface area contributed by atoms with Gasteiger partial charge in [-0.05, 0) is 62.3 Å². The van der Waals surface area contributed by atoms with E-state index in [4.69, 9.17) is 0 Å². The molecule has 0 amide bonds. The quantitative estimate of drug-likeness (QED) is 0.657. The van der Waals surface area contributed by atoms with Gasteiger partial charge in [0, 0.05) is 31.7 Å². The summed E-state index contributed by atoms with van der Waals surface area (Å²) in [6, 6.07) is 5.16. The Morgan fingerprint density at radius 2 is 1.46 bits per heavy atom. The molecule has 0 spiro atoms. The number of benzene rings is 1. The van der Waals surface area contributed by atoms with Crippen molar-refractivity contribution in [2.75, 3.05) is 19.6 Å². The minimum absolute atomic E-state index is 0.0103. The number of hydrogen-bond donors (Lipinski definition) is 2. The topological polar surface area (TPSA) is 95.6 Å². The van der Waals surface area contributed by atoms with Crippen LogP contribution in [0.1, 0.15) is 40.0 Å². The molecule has 0 radical (unpaired) electrons. The summed E-state index contributed by atoms with van der Waals surface area (Å²) in [6.07, 6.45) is 2.91. The van der Waals surface area contributed by atoms with Crippen molar-refractivity contribution >= 4 is 20.0 Å². The van der Waals surface area contributed by atoms with Gasteiger partial charge in [0.05, 0.1) is 9.79 Å². The fourth-order valence-corrected chi connectivity index (χ4v) is 6.52. The summed E-state index contributed by atoms with van der Waals surface area (Å²) in [5.74, 6) is 1.23. The van der Waals surface area contributed by atoms with E-state index in [1.165, 1.54) is 30.7 Å². The van der Waals surface area contributed by atoms with Crippen molar-refractivity contribution in [3.8, 4) is 0 Å². The van der Waals surface area contributed by atoms with Crippen LogP contribution in [0.25, 0.3) is 0 Å². The van der Waals surface area contributed by atoms with Crippen molar-refractivity contribution < 1.29 is 16.8 Å². The number of nitrogens with one attached hydrogen (secondary N) is 2. The van der Waals surface area contributed by atoms with Gasteiger partial charge >= 0.3 is 0 Å². The Bertz CT molecular complexity index is 870. The first-order valence-corrected chi connectivity index (χ1v) is 12.9. The van der Waals surface area contributed by atoms with Crippen molar-refractivity contribution in [1.82, 2.24) is 14.3 Å². The van der Waals surface area contributed by atoms with E-state index >= 15 is 0 Å². The predicted molar refractivity (Wildman–Crippen MR) is 109 cm³/mol. The molecule has 2 aliphatic rings. The molecule has 0 bridgehead atoms. The van der Waals surface area contributed by atoms with E-state index in [0.717, 1.165) is 25.9 Å². The number of likely N-dealkylation sites (tertiary alicyclic amines) is 1. The molecule has 1 saturated heterocycles. The average Bonchev–Trinajstić information content (AvgIpc) is 3.36. The molecule has 7 nitrogen and oxygen atoms in total. The van der Waals surface area contributed by atoms with Crippen LogP contribution in [0.15, 0.2) is 34.1 Å². The van der Waals surface area contributed by atoms with E-state index in [1.54, 1.807) is 0 Å². The fraction of sp³-hybridized carbons (Fsp3) is 0.684. The van der Waals surface area contributed by atoms with Gasteiger partial charge in [-0.25, -0.2) is 26.3 Å². The standard InChI is InChI=1S/C19H31N3O4S2/c1-14-10-15(2)12-22(11-14)13-16(3)20-27(23,24)18-6-8-19(9-7-18)28(25,26)21-17-4-5-17/h6-9,14-17,20-21H,4-5,10-13H2,1-3H3/t14-,15-,16+/m1/s1. The van der Waals surface area contributed by atoms with Crippen molar-refractivity contribution in [3.63, 3.8) is 0 Å². The monoisotopic (exact) mass is 429 g/mol. The zero-order valence-corrected chi connectivity index (χ0v) is 18.4. The minimum atomic E-state index is -3.70. The number of sulfonamides is 2. The van der Waals surface area contributed by atoms with Crippen molar-refractivity contribution in [3.05, 3.63) is 24.3 Å². The lowest BCUT2D eigenvalue weighted by Gasteiger charge is -2.36. The van der Waals surface area contributed by atoms with Gasteiger partial charge in [0.1, 0.15) is 0 Å². The van der Waals surface area contributed by atoms with Crippen LogP contribution in [0.5, 0.6) is 0 Å². The lowest BCUT2D eigenvalue weighted by atomic mass is 9.92. The third kappa shape index (κ3) is 5.76. The average molecular weight is 430 g/mol. The largest absolute Gasteiger partial charge is 0.301 e. The fourth-order valence-electron chi connectivity index (χ4n) is 3.99. The Morgan fingerprint density at radius 1 is 0.964 bits per heavy atom. The molecule has 1 aromatic rings. The summed E-state index contributed by atoms with van der Waals surface area (Å²) >= 11 is 0. The SMILES string of the molecule is C[C@@H]1C[C@@H](C)CN(C[C@H](C)NS(=O)(=O)c2ccc(S(=O)(=O)NC3CC3)cc2)C1. The number of hydrogen-bond acceptors (Lipinski definition) is 5. The lowest BCUT2D eigenvalue weighted by molar-refractivity contribution is 0.134. The Morgan fingerprint density at radius 3 is 1.96 bits per heavy atom. The molecule has 3 atom stereocenters. The molecule has 0 unspecified atom stereocenters. The van der Waals surface area contributed by atoms with Gasteiger partial charge in [-0.3, -0.25) is 0 Å². The maximum atomic E-state index is 12.7. The summed E-state index contributed by atoms with van der Waals surface area (Å²) in [4.78, 5) is 2.47. The molecule has 1 aliphatic heterocycles. The van der Waals surface area contributed by atoms with Crippen LogP contribution in [-0.2, 0) is 20.0 Å². The maximum Gasteiger partial charge on any atom is 0.240 e. The molecule has 9 heteroatoms. The second kappa shape index (κ2) is 8.39. The molecule has 1 heterocycles. The number of piperidine rings is 1. The van der Waals surface area contributed by atoms with Gasteiger partial charge in [-0.1, -0.05) is 13.8 Å². The molecule has 2 N–H and O–H groups in total. The van der Waals surface area contributed by atoms with Gasteiger partial charge in [0.25, 0.3) is 0 Å². The highest BCUT2D eigenvalue weighted by atomic mass is 32.2. The van der Waals surface area contributed by atoms with Crippen LogP contribution in [0.3, 0.4) is 0 Å². The first-order valence-electron chi connectivity index (χ1n) is 9.92. The molecule has 1 aromatic carbocycles. The van der Waals surface area contributed by atoms with Gasteiger partial charge < -0.3 is 4.90 Å². The van der Waals surface area contributed by atoms with Gasteiger partial charge in [-0.2, -0.15) is 0 Å². The molecule has 28 heavy (non-hydrogen) atoms. The summed E-state index contributed by atoms with van der Waals surface area (Å²) < 4.78 is 55.1. The second-order valence-electron chi connectivity index (χ2n) is 8.55. The van der Waals surface area contributed by atoms with Gasteiger partial charge in [0.2, 0.25) is 20.0 Å². The van der Waals surface area contributed by atoms with E-state index in [2.05, 4.69) is 28.2 Å². The summed E-state index contributed by atoms with van der Waals surface area (Å²) in [5.41, 5.74) is 0. The molecule has 158 valence electrons. The van der Waals surface area contributed by atoms with Gasteiger partial charge in [0.15, 0.2) is 0 Å². The Balaban J connectivity index is 1.62. The zero-order chi connectivity index (χ0) is 20.5. The summed E-state index contributed by atoms with van der Waals surface area (Å²) in [5, 5.41) is 0. The highest BCUT2D eigenvalue weighted by molar-refractivity contribution is 7.90. The molecule has 0 aromatic heterocycles. The highest BCUT2D eigenvalue weighted by Gasteiger charge is 2.29. The Hall–Kier alpha value is -1.00. The number of nitrogens with zero attached hydrogens (tertiary/aromatic N) is 1. The first-order chi connectivity index (χ1) is 13.0. The van der Waals surface area contributed by atoms with Crippen molar-refractivity contribution in [2.24, 2.45) is 11.8 Å². The molecule has 1 aliphatic carbocycles. The zero-order valence-electron chi connectivity index (χ0n) is 16.8. The smallest absolute Gasteiger partial charge is 0.240 e. The highest BCUT2D eigenvalue weighted by Crippen LogP contribution is 2.23. The van der Waals surface area contributed by atoms with E-state index in [-0.39, 0.29) is 21.9 Å².